The van der Waals surface area contributed by atoms with E-state index in [0.29, 0.717) is 11.1 Å². The molecule has 3 N–H and O–H groups in total. The van der Waals surface area contributed by atoms with Gasteiger partial charge in [-0.05, 0) is 37.2 Å². The first-order chi connectivity index (χ1) is 13.5. The third-order valence-electron chi connectivity index (χ3n) is 4.01. The number of halogens is 1. The lowest BCUT2D eigenvalue weighted by molar-refractivity contribution is -0.122. The highest BCUT2D eigenvalue weighted by molar-refractivity contribution is 7.89. The maximum atomic E-state index is 13.7. The van der Waals surface area contributed by atoms with Crippen LogP contribution in [0.25, 0.3) is 0 Å². The predicted octanol–water partition coefficient (Wildman–Crippen LogP) is 0.858. The van der Waals surface area contributed by atoms with Gasteiger partial charge in [0.25, 0.3) is 0 Å². The Labute approximate surface area is 169 Å². The van der Waals surface area contributed by atoms with Gasteiger partial charge in [-0.25, -0.2) is 25.9 Å². The van der Waals surface area contributed by atoms with Crippen molar-refractivity contribution >= 4 is 26.0 Å². The first kappa shape index (κ1) is 22.9. The average molecular weight is 444 g/mol. The van der Waals surface area contributed by atoms with Crippen molar-refractivity contribution in [2.75, 3.05) is 7.05 Å². The average Bonchev–Trinajstić information content (AvgIpc) is 2.66. The summed E-state index contributed by atoms with van der Waals surface area (Å²) >= 11 is 0. The van der Waals surface area contributed by atoms with E-state index in [9.17, 15) is 26.0 Å². The highest BCUT2D eigenvalue weighted by Crippen LogP contribution is 2.13. The van der Waals surface area contributed by atoms with E-state index in [0.717, 1.165) is 12.1 Å². The molecule has 8 nitrogen and oxygen atoms in total. The SMILES string of the molecule is CNS(=O)(=O)Cc1ccc(CNC(=O)[C@H](C)NS(=O)(=O)c2ccccc2F)cc1. The lowest BCUT2D eigenvalue weighted by Crippen LogP contribution is -2.44. The van der Waals surface area contributed by atoms with E-state index in [4.69, 9.17) is 0 Å². The number of benzene rings is 2. The third kappa shape index (κ3) is 6.60. The van der Waals surface area contributed by atoms with Crippen LogP contribution in [0.2, 0.25) is 0 Å². The number of hydrogen-bond acceptors (Lipinski definition) is 5. The van der Waals surface area contributed by atoms with E-state index in [2.05, 4.69) is 14.8 Å². The van der Waals surface area contributed by atoms with Gasteiger partial charge in [-0.3, -0.25) is 4.79 Å². The summed E-state index contributed by atoms with van der Waals surface area (Å²) in [5.41, 5.74) is 1.29. The van der Waals surface area contributed by atoms with Gasteiger partial charge >= 0.3 is 0 Å². The molecule has 0 bridgehead atoms. The highest BCUT2D eigenvalue weighted by atomic mass is 32.2. The Bertz CT molecular complexity index is 1070. The molecule has 1 atom stereocenters. The molecule has 29 heavy (non-hydrogen) atoms. The van der Waals surface area contributed by atoms with Gasteiger partial charge in [0.1, 0.15) is 10.7 Å². The van der Waals surface area contributed by atoms with Gasteiger partial charge in [0.15, 0.2) is 0 Å². The Morgan fingerprint density at radius 2 is 1.59 bits per heavy atom. The minimum Gasteiger partial charge on any atom is -0.351 e. The van der Waals surface area contributed by atoms with Crippen molar-refractivity contribution in [3.8, 4) is 0 Å². The second-order valence-corrected chi connectivity index (χ2v) is 9.88. The fourth-order valence-electron chi connectivity index (χ4n) is 2.40. The normalized spacial score (nSPS) is 13.1. The van der Waals surface area contributed by atoms with E-state index in [-0.39, 0.29) is 12.3 Å². The van der Waals surface area contributed by atoms with Crippen LogP contribution >= 0.6 is 0 Å². The summed E-state index contributed by atoms with van der Waals surface area (Å²) in [4.78, 5) is 11.6. The molecule has 0 aliphatic heterocycles. The highest BCUT2D eigenvalue weighted by Gasteiger charge is 2.24. The molecule has 1 amide bonds. The van der Waals surface area contributed by atoms with Crippen LogP contribution < -0.4 is 14.8 Å². The summed E-state index contributed by atoms with van der Waals surface area (Å²) in [5, 5.41) is 2.58. The van der Waals surface area contributed by atoms with Crippen LogP contribution in [0.15, 0.2) is 53.4 Å². The zero-order valence-corrected chi connectivity index (χ0v) is 17.5. The van der Waals surface area contributed by atoms with Crippen LogP contribution in [-0.4, -0.2) is 35.8 Å². The molecule has 2 aromatic carbocycles. The van der Waals surface area contributed by atoms with E-state index in [1.807, 2.05) is 0 Å². The molecule has 0 heterocycles. The van der Waals surface area contributed by atoms with Crippen LogP contribution in [0.4, 0.5) is 4.39 Å². The smallest absolute Gasteiger partial charge is 0.244 e. The molecule has 11 heteroatoms. The van der Waals surface area contributed by atoms with Crippen LogP contribution in [0.5, 0.6) is 0 Å². The first-order valence-electron chi connectivity index (χ1n) is 8.57. The largest absolute Gasteiger partial charge is 0.351 e. The Hall–Kier alpha value is -2.34. The topological polar surface area (TPSA) is 121 Å². The van der Waals surface area contributed by atoms with Gasteiger partial charge in [-0.1, -0.05) is 36.4 Å². The van der Waals surface area contributed by atoms with Gasteiger partial charge in [0.05, 0.1) is 11.8 Å². The molecule has 158 valence electrons. The lowest BCUT2D eigenvalue weighted by atomic mass is 10.1. The lowest BCUT2D eigenvalue weighted by Gasteiger charge is -2.15. The molecule has 0 fully saturated rings. The van der Waals surface area contributed by atoms with Gasteiger partial charge < -0.3 is 5.32 Å². The summed E-state index contributed by atoms with van der Waals surface area (Å²) in [6, 6.07) is 10.3. The molecule has 0 spiro atoms. The molecule has 2 rings (SSSR count). The van der Waals surface area contributed by atoms with E-state index < -0.39 is 42.7 Å². The molecule has 0 unspecified atom stereocenters. The first-order valence-corrected chi connectivity index (χ1v) is 11.7. The van der Waals surface area contributed by atoms with Crippen LogP contribution in [0.3, 0.4) is 0 Å². The molecule has 0 radical (unpaired) electrons. The van der Waals surface area contributed by atoms with E-state index in [1.165, 1.54) is 26.1 Å². The molecule has 2 aromatic rings. The Kier molecular flexibility index (Phi) is 7.47. The number of hydrogen-bond donors (Lipinski definition) is 3. The molecular formula is C18H22FN3O5S2. The minimum absolute atomic E-state index is 0.115. The maximum Gasteiger partial charge on any atom is 0.244 e. The van der Waals surface area contributed by atoms with Gasteiger partial charge in [-0.15, -0.1) is 0 Å². The van der Waals surface area contributed by atoms with Crippen LogP contribution in [-0.2, 0) is 37.1 Å². The van der Waals surface area contributed by atoms with Crippen molar-refractivity contribution in [1.29, 1.82) is 0 Å². The molecule has 0 aromatic heterocycles. The third-order valence-corrected chi connectivity index (χ3v) is 6.92. The summed E-state index contributed by atoms with van der Waals surface area (Å²) in [6.07, 6.45) is 0. The Morgan fingerprint density at radius 1 is 1.00 bits per heavy atom. The quantitative estimate of drug-likeness (QED) is 0.531. The zero-order valence-electron chi connectivity index (χ0n) is 15.8. The summed E-state index contributed by atoms with van der Waals surface area (Å²) in [5.74, 6) is -1.66. The predicted molar refractivity (Wildman–Crippen MR) is 106 cm³/mol. The molecule has 0 saturated carbocycles. The monoisotopic (exact) mass is 443 g/mol. The number of carbonyl (C=O) groups is 1. The second-order valence-electron chi connectivity index (χ2n) is 6.27. The van der Waals surface area contributed by atoms with Crippen molar-refractivity contribution in [3.63, 3.8) is 0 Å². The maximum absolute atomic E-state index is 13.7. The summed E-state index contributed by atoms with van der Waals surface area (Å²) < 4.78 is 65.6. The van der Waals surface area contributed by atoms with Gasteiger partial charge in [0, 0.05) is 6.54 Å². The number of rotatable bonds is 9. The van der Waals surface area contributed by atoms with Gasteiger partial charge in [-0.2, -0.15) is 4.72 Å². The Balaban J connectivity index is 1.94. The van der Waals surface area contributed by atoms with E-state index >= 15 is 0 Å². The molecule has 0 aliphatic rings. The van der Waals surface area contributed by atoms with Crippen molar-refractivity contribution in [3.05, 3.63) is 65.5 Å². The van der Waals surface area contributed by atoms with Crippen LogP contribution in [0.1, 0.15) is 18.1 Å². The fraction of sp³-hybridized carbons (Fsp3) is 0.278. The number of sulfonamides is 2. The summed E-state index contributed by atoms with van der Waals surface area (Å²) in [7, 11) is -6.24. The van der Waals surface area contributed by atoms with Crippen molar-refractivity contribution in [2.24, 2.45) is 0 Å². The van der Waals surface area contributed by atoms with Crippen LogP contribution in [0, 0.1) is 5.82 Å². The number of amides is 1. The van der Waals surface area contributed by atoms with Crippen molar-refractivity contribution in [2.45, 2.75) is 30.2 Å². The standard InChI is InChI=1S/C18H22FN3O5S2/c1-13(22-29(26,27)17-6-4-3-5-16(17)19)18(23)21-11-14-7-9-15(10-8-14)12-28(24,25)20-2/h3-10,13,20,22H,11-12H2,1-2H3,(H,21,23)/t13-/m0/s1. The molecule has 0 saturated heterocycles. The number of carbonyl (C=O) groups excluding carboxylic acids is 1. The van der Waals surface area contributed by atoms with E-state index in [1.54, 1.807) is 24.3 Å². The minimum atomic E-state index is -4.19. The van der Waals surface area contributed by atoms with Gasteiger partial charge in [0.2, 0.25) is 26.0 Å². The molecule has 0 aliphatic carbocycles. The molecular weight excluding hydrogens is 421 g/mol. The van der Waals surface area contributed by atoms with Crippen molar-refractivity contribution < 1.29 is 26.0 Å². The zero-order chi connectivity index (χ0) is 21.7. The number of nitrogens with one attached hydrogen (secondary N) is 3. The fourth-order valence-corrected chi connectivity index (χ4v) is 4.46. The second kappa shape index (κ2) is 9.44. The van der Waals surface area contributed by atoms with Crippen molar-refractivity contribution in [1.82, 2.24) is 14.8 Å². The Morgan fingerprint density at radius 3 is 2.17 bits per heavy atom. The summed E-state index contributed by atoms with van der Waals surface area (Å²) in [6.45, 7) is 1.46.